The van der Waals surface area contributed by atoms with Gasteiger partial charge in [-0.1, -0.05) is 6.07 Å². The van der Waals surface area contributed by atoms with Gasteiger partial charge in [-0.25, -0.2) is 4.98 Å². The molecular formula is C9H13BN2O2. The molecule has 74 valence electrons. The van der Waals surface area contributed by atoms with Crippen LogP contribution in [0.2, 0.25) is 0 Å². The molecule has 0 amide bonds. The molecule has 0 aromatic carbocycles. The topological polar surface area (TPSA) is 57.4 Å². The molecule has 5 heteroatoms. The van der Waals surface area contributed by atoms with Gasteiger partial charge in [0.05, 0.1) is 12.2 Å². The Labute approximate surface area is 83.6 Å². The van der Waals surface area contributed by atoms with E-state index in [1.807, 2.05) is 26.0 Å². The molecule has 0 spiro atoms. The van der Waals surface area contributed by atoms with E-state index in [1.165, 1.54) is 0 Å². The summed E-state index contributed by atoms with van der Waals surface area (Å²) in [6.45, 7) is 4.55. The van der Waals surface area contributed by atoms with Gasteiger partial charge in [0, 0.05) is 11.7 Å². The molecule has 1 saturated heterocycles. The molecule has 14 heavy (non-hydrogen) atoms. The maximum Gasteiger partial charge on any atom is 0.498 e. The first-order valence-corrected chi connectivity index (χ1v) is 4.58. The summed E-state index contributed by atoms with van der Waals surface area (Å²) in [5, 5.41) is 0. The molecule has 0 bridgehead atoms. The van der Waals surface area contributed by atoms with Crippen LogP contribution in [0, 0.1) is 0 Å². The van der Waals surface area contributed by atoms with Crippen LogP contribution in [-0.4, -0.2) is 24.3 Å². The van der Waals surface area contributed by atoms with Crippen molar-refractivity contribution in [1.82, 2.24) is 4.98 Å². The SMILES string of the molecule is CC1(C)COB(c2cccnc2N)O1. The van der Waals surface area contributed by atoms with Gasteiger partial charge < -0.3 is 15.0 Å². The maximum atomic E-state index is 5.72. The van der Waals surface area contributed by atoms with Crippen LogP contribution >= 0.6 is 0 Å². The highest BCUT2D eigenvalue weighted by atomic mass is 16.7. The highest BCUT2D eigenvalue weighted by molar-refractivity contribution is 6.63. The molecule has 2 heterocycles. The summed E-state index contributed by atoms with van der Waals surface area (Å²) in [5.41, 5.74) is 6.28. The average Bonchev–Trinajstić information content (AvgIpc) is 2.47. The van der Waals surface area contributed by atoms with Crippen molar-refractivity contribution in [3.63, 3.8) is 0 Å². The van der Waals surface area contributed by atoms with Crippen molar-refractivity contribution in [2.24, 2.45) is 0 Å². The second-order valence-electron chi connectivity index (χ2n) is 4.00. The molecule has 1 aliphatic heterocycles. The third-order valence-corrected chi connectivity index (χ3v) is 2.13. The van der Waals surface area contributed by atoms with E-state index in [4.69, 9.17) is 15.0 Å². The van der Waals surface area contributed by atoms with Gasteiger partial charge in [-0.3, -0.25) is 0 Å². The van der Waals surface area contributed by atoms with Crippen LogP contribution in [0.4, 0.5) is 5.82 Å². The lowest BCUT2D eigenvalue weighted by atomic mass is 9.79. The molecule has 0 atom stereocenters. The van der Waals surface area contributed by atoms with Gasteiger partial charge in [-0.15, -0.1) is 0 Å². The smallest absolute Gasteiger partial charge is 0.404 e. The lowest BCUT2D eigenvalue weighted by molar-refractivity contribution is 0.137. The molecule has 0 radical (unpaired) electrons. The first-order valence-electron chi connectivity index (χ1n) is 4.58. The van der Waals surface area contributed by atoms with Gasteiger partial charge in [-0.05, 0) is 19.9 Å². The predicted molar refractivity (Wildman–Crippen MR) is 55.2 cm³/mol. The largest absolute Gasteiger partial charge is 0.498 e. The minimum atomic E-state index is -0.376. The molecule has 1 fully saturated rings. The monoisotopic (exact) mass is 192 g/mol. The Morgan fingerprint density at radius 3 is 2.93 bits per heavy atom. The van der Waals surface area contributed by atoms with Gasteiger partial charge in [0.2, 0.25) is 0 Å². The summed E-state index contributed by atoms with van der Waals surface area (Å²) >= 11 is 0. The van der Waals surface area contributed by atoms with Crippen molar-refractivity contribution >= 4 is 18.4 Å². The Balaban J connectivity index is 2.22. The standard InChI is InChI=1S/C9H13BN2O2/c1-9(2)6-13-10(14-9)7-4-3-5-12-8(7)11/h3-5H,6H2,1-2H3,(H2,11,12). The van der Waals surface area contributed by atoms with Gasteiger partial charge in [0.15, 0.2) is 0 Å². The molecule has 1 aromatic rings. The second-order valence-corrected chi connectivity index (χ2v) is 4.00. The van der Waals surface area contributed by atoms with E-state index in [9.17, 15) is 0 Å². The minimum Gasteiger partial charge on any atom is -0.404 e. The van der Waals surface area contributed by atoms with E-state index in [1.54, 1.807) is 6.20 Å². The average molecular weight is 192 g/mol. The van der Waals surface area contributed by atoms with Gasteiger partial charge >= 0.3 is 7.12 Å². The van der Waals surface area contributed by atoms with Gasteiger partial charge in [-0.2, -0.15) is 0 Å². The summed E-state index contributed by atoms with van der Waals surface area (Å²) < 4.78 is 11.2. The number of pyridine rings is 1. The lowest BCUT2D eigenvalue weighted by Gasteiger charge is -2.15. The van der Waals surface area contributed by atoms with Crippen molar-refractivity contribution in [2.45, 2.75) is 19.4 Å². The zero-order valence-electron chi connectivity index (χ0n) is 8.36. The molecule has 0 unspecified atom stereocenters. The summed E-state index contributed by atoms with van der Waals surface area (Å²) in [7, 11) is -0.376. The van der Waals surface area contributed by atoms with E-state index >= 15 is 0 Å². The van der Waals surface area contributed by atoms with Gasteiger partial charge in [0.25, 0.3) is 0 Å². The van der Waals surface area contributed by atoms with Crippen LogP contribution in [0.3, 0.4) is 0 Å². The van der Waals surface area contributed by atoms with Crippen molar-refractivity contribution in [3.8, 4) is 0 Å². The number of nitrogens with two attached hydrogens (primary N) is 1. The number of hydrogen-bond donors (Lipinski definition) is 1. The van der Waals surface area contributed by atoms with Crippen molar-refractivity contribution < 1.29 is 9.31 Å². The molecule has 0 saturated carbocycles. The van der Waals surface area contributed by atoms with E-state index < -0.39 is 0 Å². The third kappa shape index (κ3) is 1.74. The number of anilines is 1. The van der Waals surface area contributed by atoms with E-state index in [0.717, 1.165) is 5.46 Å². The molecule has 1 aromatic heterocycles. The van der Waals surface area contributed by atoms with E-state index in [0.29, 0.717) is 12.4 Å². The Morgan fingerprint density at radius 1 is 1.57 bits per heavy atom. The Bertz CT molecular complexity index is 343. The number of hydrogen-bond acceptors (Lipinski definition) is 4. The Kier molecular flexibility index (Phi) is 2.21. The van der Waals surface area contributed by atoms with Crippen molar-refractivity contribution in [1.29, 1.82) is 0 Å². The number of rotatable bonds is 1. The summed E-state index contributed by atoms with van der Waals surface area (Å²) in [4.78, 5) is 3.99. The Hall–Kier alpha value is -1.07. The Morgan fingerprint density at radius 2 is 2.36 bits per heavy atom. The highest BCUT2D eigenvalue weighted by Crippen LogP contribution is 2.19. The molecular weight excluding hydrogens is 179 g/mol. The van der Waals surface area contributed by atoms with Crippen LogP contribution in [0.5, 0.6) is 0 Å². The third-order valence-electron chi connectivity index (χ3n) is 2.13. The van der Waals surface area contributed by atoms with Crippen LogP contribution in [0.25, 0.3) is 0 Å². The van der Waals surface area contributed by atoms with Gasteiger partial charge in [0.1, 0.15) is 5.82 Å². The van der Waals surface area contributed by atoms with Crippen molar-refractivity contribution in [3.05, 3.63) is 18.3 Å². The zero-order valence-corrected chi connectivity index (χ0v) is 8.36. The van der Waals surface area contributed by atoms with E-state index in [-0.39, 0.29) is 12.7 Å². The fraction of sp³-hybridized carbons (Fsp3) is 0.444. The second kappa shape index (κ2) is 3.26. The first kappa shape index (κ1) is 9.49. The molecule has 2 rings (SSSR count). The summed E-state index contributed by atoms with van der Waals surface area (Å²) in [6, 6.07) is 3.69. The minimum absolute atomic E-state index is 0.243. The normalized spacial score (nSPS) is 20.0. The number of nitrogens with zero attached hydrogens (tertiary/aromatic N) is 1. The number of aromatic nitrogens is 1. The van der Waals surface area contributed by atoms with E-state index in [2.05, 4.69) is 4.98 Å². The molecule has 1 aliphatic rings. The fourth-order valence-electron chi connectivity index (χ4n) is 1.42. The summed E-state index contributed by atoms with van der Waals surface area (Å²) in [5.74, 6) is 0.468. The molecule has 0 aliphatic carbocycles. The summed E-state index contributed by atoms with van der Waals surface area (Å²) in [6.07, 6.45) is 1.65. The van der Waals surface area contributed by atoms with Crippen LogP contribution in [0.15, 0.2) is 18.3 Å². The zero-order chi connectivity index (χ0) is 10.2. The molecule has 4 nitrogen and oxygen atoms in total. The highest BCUT2D eigenvalue weighted by Gasteiger charge is 2.39. The molecule has 2 N–H and O–H groups in total. The first-order chi connectivity index (χ1) is 6.58. The van der Waals surface area contributed by atoms with Crippen LogP contribution in [-0.2, 0) is 9.31 Å². The van der Waals surface area contributed by atoms with Crippen molar-refractivity contribution in [2.75, 3.05) is 12.3 Å². The predicted octanol–water partition coefficient (Wildman–Crippen LogP) is 0.184. The van der Waals surface area contributed by atoms with Crippen LogP contribution < -0.4 is 11.2 Å². The quantitative estimate of drug-likeness (QED) is 0.645. The lowest BCUT2D eigenvalue weighted by Crippen LogP contribution is -2.36. The number of nitrogen functional groups attached to an aromatic ring is 1. The maximum absolute atomic E-state index is 5.72. The fourth-order valence-corrected chi connectivity index (χ4v) is 1.42. The van der Waals surface area contributed by atoms with Crippen LogP contribution in [0.1, 0.15) is 13.8 Å².